The summed E-state index contributed by atoms with van der Waals surface area (Å²) in [5.41, 5.74) is 1.40. The lowest BCUT2D eigenvalue weighted by molar-refractivity contribution is 0.100. The fourth-order valence-electron chi connectivity index (χ4n) is 1.68. The van der Waals surface area contributed by atoms with E-state index in [1.807, 2.05) is 6.07 Å². The van der Waals surface area contributed by atoms with E-state index in [9.17, 15) is 9.18 Å². The summed E-state index contributed by atoms with van der Waals surface area (Å²) in [6.07, 6.45) is 0. The Labute approximate surface area is 103 Å². The van der Waals surface area contributed by atoms with Crippen molar-refractivity contribution in [3.63, 3.8) is 0 Å². The van der Waals surface area contributed by atoms with Crippen molar-refractivity contribution < 1.29 is 9.18 Å². The van der Waals surface area contributed by atoms with Gasteiger partial charge in [0.1, 0.15) is 18.1 Å². The fourth-order valence-corrected chi connectivity index (χ4v) is 1.68. The Morgan fingerprint density at radius 3 is 2.89 bits per heavy atom. The van der Waals surface area contributed by atoms with E-state index < -0.39 is 0 Å². The van der Waals surface area contributed by atoms with E-state index in [-0.39, 0.29) is 18.1 Å². The lowest BCUT2D eigenvalue weighted by atomic mass is 10.1. The van der Waals surface area contributed by atoms with E-state index in [1.54, 1.807) is 18.2 Å². The molecule has 0 fully saturated rings. The average Bonchev–Trinajstić information content (AvgIpc) is 2.74. The summed E-state index contributed by atoms with van der Waals surface area (Å²) >= 11 is 0. The number of nitrogens with zero attached hydrogens (tertiary/aromatic N) is 3. The van der Waals surface area contributed by atoms with Crippen LogP contribution in [0, 0.1) is 17.1 Å². The molecule has 0 radical (unpaired) electrons. The zero-order valence-corrected chi connectivity index (χ0v) is 9.72. The molecular formula is C13H10FN3O. The molecule has 2 rings (SSSR count). The molecule has 5 heteroatoms. The lowest BCUT2D eigenvalue weighted by Gasteiger charge is -1.97. The number of carbonyl (C=O) groups is 1. The molecule has 18 heavy (non-hydrogen) atoms. The second kappa shape index (κ2) is 4.80. The van der Waals surface area contributed by atoms with Crippen molar-refractivity contribution in [2.45, 2.75) is 13.5 Å². The van der Waals surface area contributed by atoms with Gasteiger partial charge in [-0.2, -0.15) is 10.4 Å². The van der Waals surface area contributed by atoms with E-state index in [2.05, 4.69) is 5.10 Å². The molecule has 0 bridgehead atoms. The maximum atomic E-state index is 13.1. The monoisotopic (exact) mass is 243 g/mol. The summed E-state index contributed by atoms with van der Waals surface area (Å²) in [6.45, 7) is 1.39. The molecule has 0 N–H and O–H groups in total. The first-order valence-electron chi connectivity index (χ1n) is 5.33. The third-order valence-corrected chi connectivity index (χ3v) is 2.48. The number of Topliss-reactive ketones (excluding diaryl/α,β-unsaturated/α-hetero) is 1. The van der Waals surface area contributed by atoms with Crippen LogP contribution < -0.4 is 0 Å². The van der Waals surface area contributed by atoms with Gasteiger partial charge in [-0.15, -0.1) is 0 Å². The molecule has 0 atom stereocenters. The number of nitriles is 1. The maximum Gasteiger partial charge on any atom is 0.177 e. The summed E-state index contributed by atoms with van der Waals surface area (Å²) in [6, 6.07) is 9.44. The molecule has 0 amide bonds. The van der Waals surface area contributed by atoms with Crippen LogP contribution in [0.25, 0.3) is 11.3 Å². The quantitative estimate of drug-likeness (QED) is 0.778. The van der Waals surface area contributed by atoms with Crippen LogP contribution in [-0.4, -0.2) is 15.6 Å². The minimum absolute atomic E-state index is 0.00969. The first kappa shape index (κ1) is 12.0. The molecule has 1 aromatic carbocycles. The molecule has 0 aliphatic carbocycles. The summed E-state index contributed by atoms with van der Waals surface area (Å²) in [4.78, 5) is 11.4. The van der Waals surface area contributed by atoms with Gasteiger partial charge in [0.2, 0.25) is 0 Å². The molecule has 0 spiro atoms. The Bertz CT molecular complexity index is 640. The summed E-state index contributed by atoms with van der Waals surface area (Å²) in [7, 11) is 0. The summed E-state index contributed by atoms with van der Waals surface area (Å²) < 4.78 is 14.4. The van der Waals surface area contributed by atoms with E-state index in [1.165, 1.54) is 23.7 Å². The number of carbonyl (C=O) groups excluding carboxylic acids is 1. The highest BCUT2D eigenvalue weighted by atomic mass is 19.1. The Kier molecular flexibility index (Phi) is 3.20. The van der Waals surface area contributed by atoms with Gasteiger partial charge < -0.3 is 0 Å². The van der Waals surface area contributed by atoms with Gasteiger partial charge in [-0.25, -0.2) is 9.07 Å². The fraction of sp³-hybridized carbons (Fsp3) is 0.154. The van der Waals surface area contributed by atoms with E-state index in [4.69, 9.17) is 5.26 Å². The minimum Gasteiger partial charge on any atom is -0.293 e. The van der Waals surface area contributed by atoms with E-state index in [0.717, 1.165) is 0 Å². The topological polar surface area (TPSA) is 58.7 Å². The van der Waals surface area contributed by atoms with Crippen molar-refractivity contribution in [3.05, 3.63) is 41.8 Å². The maximum absolute atomic E-state index is 13.1. The van der Waals surface area contributed by atoms with Gasteiger partial charge in [0, 0.05) is 12.5 Å². The second-order valence-electron chi connectivity index (χ2n) is 3.80. The highest BCUT2D eigenvalue weighted by molar-refractivity contribution is 5.93. The van der Waals surface area contributed by atoms with Crippen LogP contribution in [-0.2, 0) is 6.54 Å². The molecule has 0 saturated heterocycles. The normalized spacial score (nSPS) is 10.1. The number of hydrogen-bond donors (Lipinski definition) is 0. The largest absolute Gasteiger partial charge is 0.293 e. The Hall–Kier alpha value is -2.48. The van der Waals surface area contributed by atoms with Crippen LogP contribution >= 0.6 is 0 Å². The number of aromatic nitrogens is 2. The molecule has 1 aromatic heterocycles. The molecule has 90 valence electrons. The van der Waals surface area contributed by atoms with Crippen molar-refractivity contribution >= 4 is 5.78 Å². The highest BCUT2D eigenvalue weighted by Crippen LogP contribution is 2.20. The van der Waals surface area contributed by atoms with Gasteiger partial charge in [0.05, 0.1) is 11.8 Å². The zero-order valence-electron chi connectivity index (χ0n) is 9.72. The Morgan fingerprint density at radius 2 is 2.28 bits per heavy atom. The van der Waals surface area contributed by atoms with Crippen LogP contribution in [0.1, 0.15) is 17.4 Å². The smallest absolute Gasteiger partial charge is 0.177 e. The van der Waals surface area contributed by atoms with Crippen molar-refractivity contribution in [2.75, 3.05) is 0 Å². The van der Waals surface area contributed by atoms with Crippen molar-refractivity contribution in [1.82, 2.24) is 9.78 Å². The Balaban J connectivity index is 2.50. The van der Waals surface area contributed by atoms with Gasteiger partial charge in [-0.3, -0.25) is 4.79 Å². The molecule has 2 aromatic rings. The minimum atomic E-state index is -0.369. The second-order valence-corrected chi connectivity index (χ2v) is 3.80. The summed E-state index contributed by atoms with van der Waals surface area (Å²) in [5, 5.41) is 12.8. The number of benzene rings is 1. The predicted octanol–water partition coefficient (Wildman–Crippen LogP) is 2.42. The lowest BCUT2D eigenvalue weighted by Crippen LogP contribution is -2.06. The van der Waals surface area contributed by atoms with Crippen molar-refractivity contribution in [3.8, 4) is 17.3 Å². The molecule has 0 aliphatic rings. The Morgan fingerprint density at radius 1 is 1.50 bits per heavy atom. The summed E-state index contributed by atoms with van der Waals surface area (Å²) in [5.74, 6) is -0.549. The van der Waals surface area contributed by atoms with Gasteiger partial charge in [-0.05, 0) is 18.2 Å². The third kappa shape index (κ3) is 2.28. The van der Waals surface area contributed by atoms with Gasteiger partial charge in [-0.1, -0.05) is 12.1 Å². The first-order chi connectivity index (χ1) is 8.61. The number of ketones is 1. The zero-order chi connectivity index (χ0) is 13.1. The number of hydrogen-bond acceptors (Lipinski definition) is 3. The average molecular weight is 243 g/mol. The van der Waals surface area contributed by atoms with Crippen molar-refractivity contribution in [2.24, 2.45) is 0 Å². The number of rotatable bonds is 3. The SMILES string of the molecule is CC(=O)c1cc(-c2cccc(F)c2)nn1CC#N. The van der Waals surface area contributed by atoms with E-state index >= 15 is 0 Å². The van der Waals surface area contributed by atoms with Crippen LogP contribution in [0.4, 0.5) is 4.39 Å². The predicted molar refractivity (Wildman–Crippen MR) is 63.2 cm³/mol. The molecule has 0 unspecified atom stereocenters. The highest BCUT2D eigenvalue weighted by Gasteiger charge is 2.13. The standard InChI is InChI=1S/C13H10FN3O/c1-9(18)13-8-12(16-17(13)6-5-15)10-3-2-4-11(14)7-10/h2-4,7-8H,6H2,1H3. The molecule has 0 saturated carbocycles. The van der Waals surface area contributed by atoms with E-state index in [0.29, 0.717) is 17.0 Å². The number of halogens is 1. The molecule has 4 nitrogen and oxygen atoms in total. The van der Waals surface area contributed by atoms with Gasteiger partial charge >= 0.3 is 0 Å². The van der Waals surface area contributed by atoms with Crippen LogP contribution in [0.3, 0.4) is 0 Å². The molecule has 1 heterocycles. The van der Waals surface area contributed by atoms with Gasteiger partial charge in [0.15, 0.2) is 5.78 Å². The first-order valence-corrected chi connectivity index (χ1v) is 5.33. The molecular weight excluding hydrogens is 233 g/mol. The van der Waals surface area contributed by atoms with Gasteiger partial charge in [0.25, 0.3) is 0 Å². The van der Waals surface area contributed by atoms with Crippen LogP contribution in [0.5, 0.6) is 0 Å². The third-order valence-electron chi connectivity index (χ3n) is 2.48. The van der Waals surface area contributed by atoms with Crippen molar-refractivity contribution in [1.29, 1.82) is 5.26 Å². The van der Waals surface area contributed by atoms with Crippen LogP contribution in [0.15, 0.2) is 30.3 Å². The molecule has 0 aliphatic heterocycles. The van der Waals surface area contributed by atoms with Crippen LogP contribution in [0.2, 0.25) is 0 Å².